The maximum Gasteiger partial charge on any atom is 0.272 e. The van der Waals surface area contributed by atoms with Crippen LogP contribution in [0.25, 0.3) is 17.3 Å². The molecule has 46 heavy (non-hydrogen) atoms. The normalized spacial score (nSPS) is 11.8. The van der Waals surface area contributed by atoms with Crippen LogP contribution in [0.15, 0.2) is 119 Å². The lowest BCUT2D eigenvalue weighted by atomic mass is 10.1. The van der Waals surface area contributed by atoms with Crippen molar-refractivity contribution in [2.75, 3.05) is 17.7 Å². The fraction of sp³-hybridized carbons (Fsp3) is 0.0857. The van der Waals surface area contributed by atoms with Crippen molar-refractivity contribution in [2.24, 2.45) is 0 Å². The molecule has 232 valence electrons. The number of carbonyl (C=O) groups excluding carboxylic acids is 3. The maximum atomic E-state index is 13.5. The molecule has 11 heteroatoms. The highest BCUT2D eigenvalue weighted by atomic mass is 35.5. The summed E-state index contributed by atoms with van der Waals surface area (Å²) < 4.78 is 5.44. The Labute approximate surface area is 279 Å². The molecule has 0 radical (unpaired) electrons. The van der Waals surface area contributed by atoms with Gasteiger partial charge in [0.2, 0.25) is 5.91 Å². The predicted octanol–water partition coefficient (Wildman–Crippen LogP) is 8.00. The third-order valence-corrected chi connectivity index (χ3v) is 8.81. The Bertz CT molecular complexity index is 1890. The van der Waals surface area contributed by atoms with Crippen molar-refractivity contribution < 1.29 is 19.1 Å². The molecule has 5 rings (SSSR count). The molecular formula is C35H29ClN4O4S2. The van der Waals surface area contributed by atoms with Crippen molar-refractivity contribution in [3.63, 3.8) is 0 Å². The summed E-state index contributed by atoms with van der Waals surface area (Å²) in [6.45, 7) is 1.79. The second-order valence-electron chi connectivity index (χ2n) is 9.87. The lowest BCUT2D eigenvalue weighted by Gasteiger charge is -2.14. The van der Waals surface area contributed by atoms with E-state index in [0.717, 1.165) is 10.5 Å². The van der Waals surface area contributed by atoms with Crippen molar-refractivity contribution in [1.29, 1.82) is 0 Å². The predicted molar refractivity (Wildman–Crippen MR) is 186 cm³/mol. The molecule has 3 N–H and O–H groups in total. The largest absolute Gasteiger partial charge is 0.496 e. The van der Waals surface area contributed by atoms with E-state index in [4.69, 9.17) is 16.3 Å². The van der Waals surface area contributed by atoms with Crippen LogP contribution in [0.3, 0.4) is 0 Å². The number of thioether (sulfide) groups is 1. The first-order valence-corrected chi connectivity index (χ1v) is 16.2. The number of halogens is 1. The number of nitrogens with zero attached hydrogens (tertiary/aromatic N) is 1. The molecule has 1 aromatic heterocycles. The summed E-state index contributed by atoms with van der Waals surface area (Å²) in [7, 11) is 1.54. The Morgan fingerprint density at radius 2 is 1.65 bits per heavy atom. The lowest BCUT2D eigenvalue weighted by molar-refractivity contribution is -0.115. The zero-order valence-electron chi connectivity index (χ0n) is 24.8. The summed E-state index contributed by atoms with van der Waals surface area (Å²) in [5.74, 6) is -0.628. The van der Waals surface area contributed by atoms with Crippen molar-refractivity contribution >= 4 is 69.3 Å². The van der Waals surface area contributed by atoms with Gasteiger partial charge in [0.05, 0.1) is 18.1 Å². The Morgan fingerprint density at radius 1 is 0.913 bits per heavy atom. The number of aromatic nitrogens is 1. The highest BCUT2D eigenvalue weighted by molar-refractivity contribution is 8.00. The second-order valence-corrected chi connectivity index (χ2v) is 12.5. The number of anilines is 2. The molecule has 0 saturated heterocycles. The van der Waals surface area contributed by atoms with E-state index in [9.17, 15) is 14.4 Å². The molecule has 0 spiro atoms. The van der Waals surface area contributed by atoms with Crippen molar-refractivity contribution in [2.45, 2.75) is 17.1 Å². The average Bonchev–Trinajstić information content (AvgIpc) is 3.53. The molecular weight excluding hydrogens is 640 g/mol. The third kappa shape index (κ3) is 8.42. The van der Waals surface area contributed by atoms with Gasteiger partial charge in [-0.25, -0.2) is 4.98 Å². The van der Waals surface area contributed by atoms with Crippen LogP contribution in [0.2, 0.25) is 5.02 Å². The van der Waals surface area contributed by atoms with Gasteiger partial charge in [0.15, 0.2) is 5.13 Å². The van der Waals surface area contributed by atoms with Gasteiger partial charge in [-0.15, -0.1) is 23.1 Å². The maximum absolute atomic E-state index is 13.5. The number of methoxy groups -OCH3 is 1. The van der Waals surface area contributed by atoms with E-state index in [1.165, 1.54) is 30.2 Å². The van der Waals surface area contributed by atoms with Crippen molar-refractivity contribution in [1.82, 2.24) is 10.3 Å². The molecule has 0 aliphatic carbocycles. The summed E-state index contributed by atoms with van der Waals surface area (Å²) in [6, 6.07) is 30.4. The molecule has 4 aromatic carbocycles. The number of benzene rings is 4. The number of hydrogen-bond acceptors (Lipinski definition) is 7. The van der Waals surface area contributed by atoms with Gasteiger partial charge in [-0.05, 0) is 55.5 Å². The Hall–Kier alpha value is -4.90. The highest BCUT2D eigenvalue weighted by Gasteiger charge is 2.19. The quantitative estimate of drug-likeness (QED) is 0.0972. The minimum absolute atomic E-state index is 0.0313. The van der Waals surface area contributed by atoms with Gasteiger partial charge in [-0.2, -0.15) is 0 Å². The lowest BCUT2D eigenvalue weighted by Crippen LogP contribution is -2.30. The molecule has 8 nitrogen and oxygen atoms in total. The van der Waals surface area contributed by atoms with Gasteiger partial charge in [-0.1, -0.05) is 72.3 Å². The van der Waals surface area contributed by atoms with Crippen molar-refractivity contribution in [3.05, 3.63) is 130 Å². The van der Waals surface area contributed by atoms with Crippen LogP contribution < -0.4 is 20.7 Å². The van der Waals surface area contributed by atoms with Gasteiger partial charge in [0, 0.05) is 37.7 Å². The van der Waals surface area contributed by atoms with Crippen LogP contribution in [-0.4, -0.2) is 35.1 Å². The van der Waals surface area contributed by atoms with Crippen LogP contribution in [0.4, 0.5) is 10.8 Å². The summed E-state index contributed by atoms with van der Waals surface area (Å²) >= 11 is 8.95. The van der Waals surface area contributed by atoms with Crippen LogP contribution in [-0.2, 0) is 9.59 Å². The van der Waals surface area contributed by atoms with E-state index in [2.05, 4.69) is 20.9 Å². The molecule has 0 fully saturated rings. The fourth-order valence-electron chi connectivity index (χ4n) is 4.32. The third-order valence-electron chi connectivity index (χ3n) is 6.63. The van der Waals surface area contributed by atoms with E-state index in [1.54, 1.807) is 73.7 Å². The Kier molecular flexibility index (Phi) is 10.9. The van der Waals surface area contributed by atoms with Crippen LogP contribution in [0.1, 0.15) is 22.8 Å². The number of amides is 3. The SMILES string of the molecule is COc1ccccc1/C=C(/NC(=O)c1ccccc1)C(=O)Nc1cccc(SC(C)C(=O)Nc2nc(-c3ccccc3Cl)cs2)c1. The van der Waals surface area contributed by atoms with E-state index in [1.807, 2.05) is 47.8 Å². The first-order chi connectivity index (χ1) is 22.3. The van der Waals surface area contributed by atoms with Gasteiger partial charge in [0.1, 0.15) is 11.4 Å². The summed E-state index contributed by atoms with van der Waals surface area (Å²) in [4.78, 5) is 44.8. The van der Waals surface area contributed by atoms with E-state index < -0.39 is 17.1 Å². The molecule has 0 saturated carbocycles. The topological polar surface area (TPSA) is 109 Å². The zero-order chi connectivity index (χ0) is 32.5. The monoisotopic (exact) mass is 668 g/mol. The number of ether oxygens (including phenoxy) is 1. The number of rotatable bonds is 11. The Balaban J connectivity index is 1.27. The molecule has 1 unspecified atom stereocenters. The number of nitrogens with one attached hydrogen (secondary N) is 3. The minimum atomic E-state index is -0.527. The standard InChI is InChI=1S/C35H29ClN4O4S2/c1-22(32(41)40-35-39-30(21-45-35)27-16-7-8-17-28(27)36)46-26-15-10-14-25(20-26)37-34(43)29(19-24-13-6-9-18-31(24)44-2)38-33(42)23-11-4-3-5-12-23/h3-22H,1-2H3,(H,37,43)(H,38,42)(H,39,40,41)/b29-19+. The van der Waals surface area contributed by atoms with Gasteiger partial charge in [-0.3, -0.25) is 14.4 Å². The minimum Gasteiger partial charge on any atom is -0.496 e. The summed E-state index contributed by atoms with van der Waals surface area (Å²) in [5, 5.41) is 10.9. The summed E-state index contributed by atoms with van der Waals surface area (Å²) in [6.07, 6.45) is 1.57. The number of carbonyl (C=O) groups is 3. The smallest absolute Gasteiger partial charge is 0.272 e. The molecule has 0 bridgehead atoms. The molecule has 0 aliphatic heterocycles. The first-order valence-electron chi connectivity index (χ1n) is 14.1. The summed E-state index contributed by atoms with van der Waals surface area (Å²) in [5.41, 5.74) is 3.03. The van der Waals surface area contributed by atoms with Crippen LogP contribution >= 0.6 is 34.7 Å². The van der Waals surface area contributed by atoms with Gasteiger partial charge < -0.3 is 20.7 Å². The Morgan fingerprint density at radius 3 is 2.43 bits per heavy atom. The van der Waals surface area contributed by atoms with E-state index in [-0.39, 0.29) is 11.6 Å². The number of thiazole rings is 1. The number of para-hydroxylation sites is 1. The van der Waals surface area contributed by atoms with Gasteiger partial charge >= 0.3 is 0 Å². The average molecular weight is 669 g/mol. The van der Waals surface area contributed by atoms with E-state index in [0.29, 0.717) is 38.4 Å². The van der Waals surface area contributed by atoms with Gasteiger partial charge in [0.25, 0.3) is 11.8 Å². The molecule has 1 atom stereocenters. The zero-order valence-corrected chi connectivity index (χ0v) is 27.2. The van der Waals surface area contributed by atoms with Crippen LogP contribution in [0, 0.1) is 0 Å². The number of hydrogen-bond donors (Lipinski definition) is 3. The first kappa shape index (κ1) is 32.5. The molecule has 3 amide bonds. The molecule has 5 aromatic rings. The highest BCUT2D eigenvalue weighted by Crippen LogP contribution is 2.31. The molecule has 0 aliphatic rings. The van der Waals surface area contributed by atoms with Crippen LogP contribution in [0.5, 0.6) is 5.75 Å². The van der Waals surface area contributed by atoms with E-state index >= 15 is 0 Å². The second kappa shape index (κ2) is 15.4. The van der Waals surface area contributed by atoms with Crippen molar-refractivity contribution in [3.8, 4) is 17.0 Å². The fourth-order valence-corrected chi connectivity index (χ4v) is 6.19. The molecule has 1 heterocycles.